The van der Waals surface area contributed by atoms with Gasteiger partial charge in [-0.2, -0.15) is 11.8 Å². The van der Waals surface area contributed by atoms with Crippen molar-refractivity contribution in [3.8, 4) is 0 Å². The summed E-state index contributed by atoms with van der Waals surface area (Å²) in [6.45, 7) is 8.30. The van der Waals surface area contributed by atoms with E-state index in [0.29, 0.717) is 4.75 Å². The number of hydrogen-bond acceptors (Lipinski definition) is 2. The van der Waals surface area contributed by atoms with Gasteiger partial charge in [0.15, 0.2) is 0 Å². The van der Waals surface area contributed by atoms with Crippen LogP contribution in [0.3, 0.4) is 0 Å². The fourth-order valence-corrected chi connectivity index (χ4v) is 2.98. The van der Waals surface area contributed by atoms with E-state index >= 15 is 0 Å². The Bertz CT molecular complexity index is 179. The Balaban J connectivity index is 1.67. The molecule has 12 heavy (non-hydrogen) atoms. The minimum atomic E-state index is 0.498. The Morgan fingerprint density at radius 3 is 2.50 bits per heavy atom. The second-order valence-corrected chi connectivity index (χ2v) is 6.52. The topological polar surface area (TPSA) is 12.0 Å². The molecule has 0 bridgehead atoms. The Morgan fingerprint density at radius 2 is 2.17 bits per heavy atom. The molecule has 70 valence electrons. The molecule has 1 saturated heterocycles. The van der Waals surface area contributed by atoms with Crippen molar-refractivity contribution in [2.75, 3.05) is 12.3 Å². The van der Waals surface area contributed by atoms with Gasteiger partial charge in [-0.3, -0.25) is 0 Å². The molecule has 1 saturated carbocycles. The number of rotatable bonds is 3. The lowest BCUT2D eigenvalue weighted by Crippen LogP contribution is -2.55. The first-order chi connectivity index (χ1) is 5.59. The second-order valence-electron chi connectivity index (χ2n) is 4.85. The minimum Gasteiger partial charge on any atom is -0.312 e. The van der Waals surface area contributed by atoms with E-state index in [1.807, 2.05) is 0 Å². The Hall–Kier alpha value is 0.310. The highest BCUT2D eigenvalue weighted by molar-refractivity contribution is 8.02. The molecule has 2 fully saturated rings. The summed E-state index contributed by atoms with van der Waals surface area (Å²) in [5.74, 6) is 3.30. The van der Waals surface area contributed by atoms with Crippen LogP contribution in [0, 0.1) is 11.8 Å². The van der Waals surface area contributed by atoms with Gasteiger partial charge in [-0.25, -0.2) is 0 Å². The third-order valence-corrected chi connectivity index (χ3v) is 4.89. The fraction of sp³-hybridized carbons (Fsp3) is 1.00. The van der Waals surface area contributed by atoms with E-state index < -0.39 is 0 Å². The normalized spacial score (nSPS) is 43.8. The summed E-state index contributed by atoms with van der Waals surface area (Å²) in [4.78, 5) is 0. The minimum absolute atomic E-state index is 0.498. The van der Waals surface area contributed by atoms with Crippen molar-refractivity contribution in [2.24, 2.45) is 11.8 Å². The van der Waals surface area contributed by atoms with Crippen molar-refractivity contribution in [2.45, 2.75) is 38.0 Å². The summed E-state index contributed by atoms with van der Waals surface area (Å²) < 4.78 is 0.498. The standard InChI is InChI=1S/C10H19NS/c1-7-4-8(7)5-11-9-6-12-10(9,2)3/h7-9,11H,4-6H2,1-3H3. The zero-order valence-electron chi connectivity index (χ0n) is 8.26. The second kappa shape index (κ2) is 2.91. The van der Waals surface area contributed by atoms with Crippen molar-refractivity contribution in [3.05, 3.63) is 0 Å². The highest BCUT2D eigenvalue weighted by Gasteiger charge is 2.40. The van der Waals surface area contributed by atoms with Gasteiger partial charge in [-0.15, -0.1) is 0 Å². The highest BCUT2D eigenvalue weighted by Crippen LogP contribution is 2.41. The Labute approximate surface area is 79.7 Å². The van der Waals surface area contributed by atoms with Gasteiger partial charge >= 0.3 is 0 Å². The van der Waals surface area contributed by atoms with Crippen LogP contribution < -0.4 is 5.32 Å². The van der Waals surface area contributed by atoms with Crippen LogP contribution in [-0.4, -0.2) is 23.1 Å². The molecule has 1 aliphatic heterocycles. The van der Waals surface area contributed by atoms with Crippen molar-refractivity contribution >= 4 is 11.8 Å². The molecule has 3 atom stereocenters. The van der Waals surface area contributed by atoms with E-state index in [1.165, 1.54) is 18.7 Å². The average molecular weight is 185 g/mol. The van der Waals surface area contributed by atoms with Crippen LogP contribution in [0.15, 0.2) is 0 Å². The molecule has 2 heteroatoms. The molecular weight excluding hydrogens is 166 g/mol. The summed E-state index contributed by atoms with van der Waals surface area (Å²) in [7, 11) is 0. The van der Waals surface area contributed by atoms with Crippen LogP contribution in [-0.2, 0) is 0 Å². The lowest BCUT2D eigenvalue weighted by atomic mass is 10.0. The van der Waals surface area contributed by atoms with Gasteiger partial charge in [0.1, 0.15) is 0 Å². The molecule has 1 heterocycles. The monoisotopic (exact) mass is 185 g/mol. The van der Waals surface area contributed by atoms with Crippen molar-refractivity contribution in [3.63, 3.8) is 0 Å². The largest absolute Gasteiger partial charge is 0.312 e. The molecule has 0 aromatic rings. The maximum atomic E-state index is 3.68. The summed E-state index contributed by atoms with van der Waals surface area (Å²) >= 11 is 2.08. The van der Waals surface area contributed by atoms with Gasteiger partial charge in [0, 0.05) is 16.5 Å². The Morgan fingerprint density at radius 1 is 1.50 bits per heavy atom. The molecule has 2 rings (SSSR count). The third kappa shape index (κ3) is 1.64. The zero-order chi connectivity index (χ0) is 8.77. The highest BCUT2D eigenvalue weighted by atomic mass is 32.2. The van der Waals surface area contributed by atoms with E-state index in [4.69, 9.17) is 0 Å². The van der Waals surface area contributed by atoms with Crippen LogP contribution >= 0.6 is 11.8 Å². The molecule has 1 N–H and O–H groups in total. The number of nitrogens with one attached hydrogen (secondary N) is 1. The number of hydrogen-bond donors (Lipinski definition) is 1. The molecule has 0 aromatic heterocycles. The summed E-state index contributed by atoms with van der Waals surface area (Å²) in [5.41, 5.74) is 0. The van der Waals surface area contributed by atoms with Gasteiger partial charge in [-0.05, 0) is 38.6 Å². The van der Waals surface area contributed by atoms with Crippen molar-refractivity contribution in [1.82, 2.24) is 5.32 Å². The molecule has 3 unspecified atom stereocenters. The molecule has 0 radical (unpaired) electrons. The lowest BCUT2D eigenvalue weighted by Gasteiger charge is -2.44. The Kier molecular flexibility index (Phi) is 2.16. The molecule has 0 aromatic carbocycles. The predicted molar refractivity (Wildman–Crippen MR) is 55.6 cm³/mol. The maximum absolute atomic E-state index is 3.68. The van der Waals surface area contributed by atoms with Crippen LogP contribution in [0.4, 0.5) is 0 Å². The van der Waals surface area contributed by atoms with Gasteiger partial charge in [0.25, 0.3) is 0 Å². The predicted octanol–water partition coefficient (Wildman–Crippen LogP) is 2.13. The van der Waals surface area contributed by atoms with Crippen LogP contribution in [0.5, 0.6) is 0 Å². The average Bonchev–Trinajstić information content (AvgIpc) is 2.65. The van der Waals surface area contributed by atoms with Gasteiger partial charge in [-0.1, -0.05) is 6.92 Å². The molecule has 1 aliphatic carbocycles. The first kappa shape index (κ1) is 8.89. The van der Waals surface area contributed by atoms with E-state index in [9.17, 15) is 0 Å². The molecule has 1 nitrogen and oxygen atoms in total. The maximum Gasteiger partial charge on any atom is 0.0300 e. The summed E-state index contributed by atoms with van der Waals surface area (Å²) in [5, 5.41) is 3.68. The van der Waals surface area contributed by atoms with E-state index in [-0.39, 0.29) is 0 Å². The van der Waals surface area contributed by atoms with Crippen LogP contribution in [0.1, 0.15) is 27.2 Å². The SMILES string of the molecule is CC1CC1CNC1CSC1(C)C. The summed E-state index contributed by atoms with van der Waals surface area (Å²) in [6, 6.07) is 0.773. The molecule has 0 spiro atoms. The van der Waals surface area contributed by atoms with Gasteiger partial charge in [0.05, 0.1) is 0 Å². The van der Waals surface area contributed by atoms with Gasteiger partial charge < -0.3 is 5.32 Å². The van der Waals surface area contributed by atoms with Crippen LogP contribution in [0.2, 0.25) is 0 Å². The molecular formula is C10H19NS. The van der Waals surface area contributed by atoms with E-state index in [2.05, 4.69) is 37.8 Å². The third-order valence-electron chi connectivity index (χ3n) is 3.36. The molecule has 2 aliphatic rings. The van der Waals surface area contributed by atoms with Crippen molar-refractivity contribution in [1.29, 1.82) is 0 Å². The zero-order valence-corrected chi connectivity index (χ0v) is 9.08. The molecule has 0 amide bonds. The van der Waals surface area contributed by atoms with E-state index in [1.54, 1.807) is 0 Å². The van der Waals surface area contributed by atoms with Crippen LogP contribution in [0.25, 0.3) is 0 Å². The first-order valence-corrected chi connectivity index (χ1v) is 5.95. The summed E-state index contributed by atoms with van der Waals surface area (Å²) in [6.07, 6.45) is 1.45. The number of thioether (sulfide) groups is 1. The smallest absolute Gasteiger partial charge is 0.0300 e. The van der Waals surface area contributed by atoms with Crippen molar-refractivity contribution < 1.29 is 0 Å². The fourth-order valence-electron chi connectivity index (χ4n) is 1.78. The quantitative estimate of drug-likeness (QED) is 0.723. The lowest BCUT2D eigenvalue weighted by molar-refractivity contribution is 0.424. The first-order valence-electron chi connectivity index (χ1n) is 4.97. The van der Waals surface area contributed by atoms with E-state index in [0.717, 1.165) is 17.9 Å². The van der Waals surface area contributed by atoms with Gasteiger partial charge in [0.2, 0.25) is 0 Å².